The predicted molar refractivity (Wildman–Crippen MR) is 98.0 cm³/mol. The minimum atomic E-state index is -0.0550. The second-order valence-electron chi connectivity index (χ2n) is 6.20. The molecular formula is C18H25ClN4O. The zero-order valence-corrected chi connectivity index (χ0v) is 14.7. The molecule has 3 N–H and O–H groups in total. The maximum absolute atomic E-state index is 12.3. The fraction of sp³-hybridized carbons (Fsp3) is 0.389. The number of benzene rings is 1. The number of hydrogen-bond donors (Lipinski definition) is 2. The first-order valence-electron chi connectivity index (χ1n) is 8.17. The number of aromatic nitrogens is 1. The molecule has 0 spiro atoms. The van der Waals surface area contributed by atoms with Crippen LogP contribution >= 0.6 is 12.4 Å². The normalized spacial score (nSPS) is 17.1. The van der Waals surface area contributed by atoms with Crippen molar-refractivity contribution < 1.29 is 4.79 Å². The summed E-state index contributed by atoms with van der Waals surface area (Å²) in [6.45, 7) is 3.67. The molecule has 1 atom stereocenters. The van der Waals surface area contributed by atoms with Crippen LogP contribution in [0.2, 0.25) is 0 Å². The summed E-state index contributed by atoms with van der Waals surface area (Å²) in [6.07, 6.45) is 6.30. The van der Waals surface area contributed by atoms with Gasteiger partial charge in [-0.15, -0.1) is 12.4 Å². The van der Waals surface area contributed by atoms with Crippen LogP contribution in [-0.2, 0) is 0 Å². The summed E-state index contributed by atoms with van der Waals surface area (Å²) in [5.74, 6) is -0.0550. The monoisotopic (exact) mass is 348 g/mol. The SMILES string of the molecule is CC(N)c1ccc(C(=O)NN2CCC(n3cccc3)CC2)cc1.Cl. The zero-order valence-electron chi connectivity index (χ0n) is 13.9. The van der Waals surface area contributed by atoms with Crippen LogP contribution in [-0.4, -0.2) is 28.6 Å². The summed E-state index contributed by atoms with van der Waals surface area (Å²) < 4.78 is 2.26. The Kier molecular flexibility index (Phi) is 6.43. The first kappa shape index (κ1) is 18.5. The summed E-state index contributed by atoms with van der Waals surface area (Å²) in [4.78, 5) is 12.3. The van der Waals surface area contributed by atoms with Crippen LogP contribution in [0.25, 0.3) is 0 Å². The zero-order chi connectivity index (χ0) is 16.2. The minimum Gasteiger partial charge on any atom is -0.351 e. The number of amides is 1. The van der Waals surface area contributed by atoms with E-state index < -0.39 is 0 Å². The number of carbonyl (C=O) groups excluding carboxylic acids is 1. The van der Waals surface area contributed by atoms with Crippen molar-refractivity contribution in [2.45, 2.75) is 31.8 Å². The van der Waals surface area contributed by atoms with Crippen molar-refractivity contribution in [3.63, 3.8) is 0 Å². The minimum absolute atomic E-state index is 0. The fourth-order valence-corrected chi connectivity index (χ4v) is 3.01. The highest BCUT2D eigenvalue weighted by Gasteiger charge is 2.21. The number of nitrogens with zero attached hydrogens (tertiary/aromatic N) is 2. The maximum atomic E-state index is 12.3. The van der Waals surface area contributed by atoms with E-state index in [4.69, 9.17) is 5.73 Å². The molecule has 1 saturated heterocycles. The topological polar surface area (TPSA) is 63.3 Å². The van der Waals surface area contributed by atoms with Crippen LogP contribution < -0.4 is 11.2 Å². The molecule has 0 bridgehead atoms. The predicted octanol–water partition coefficient (Wildman–Crippen LogP) is 2.91. The second-order valence-corrected chi connectivity index (χ2v) is 6.20. The van der Waals surface area contributed by atoms with E-state index in [0.29, 0.717) is 11.6 Å². The third-order valence-electron chi connectivity index (χ3n) is 4.47. The molecule has 2 heterocycles. The Balaban J connectivity index is 0.00000208. The molecule has 1 aliphatic heterocycles. The molecule has 130 valence electrons. The van der Waals surface area contributed by atoms with Crippen molar-refractivity contribution in [2.75, 3.05) is 13.1 Å². The lowest BCUT2D eigenvalue weighted by Gasteiger charge is -2.32. The number of halogens is 1. The van der Waals surface area contributed by atoms with E-state index in [1.54, 1.807) is 0 Å². The average molecular weight is 349 g/mol. The molecule has 1 aromatic heterocycles. The maximum Gasteiger partial charge on any atom is 0.265 e. The number of nitrogens with one attached hydrogen (secondary N) is 1. The van der Waals surface area contributed by atoms with Gasteiger partial charge in [0, 0.05) is 43.1 Å². The number of nitrogens with two attached hydrogens (primary N) is 1. The summed E-state index contributed by atoms with van der Waals surface area (Å²) >= 11 is 0. The number of hydrogen-bond acceptors (Lipinski definition) is 3. The van der Waals surface area contributed by atoms with Crippen LogP contribution in [0.15, 0.2) is 48.8 Å². The summed E-state index contributed by atoms with van der Waals surface area (Å²) in [7, 11) is 0. The molecule has 0 radical (unpaired) electrons. The van der Waals surface area contributed by atoms with Crippen LogP contribution in [0.5, 0.6) is 0 Å². The molecule has 5 nitrogen and oxygen atoms in total. The van der Waals surface area contributed by atoms with E-state index in [1.807, 2.05) is 36.2 Å². The van der Waals surface area contributed by atoms with Crippen molar-refractivity contribution in [2.24, 2.45) is 5.73 Å². The lowest BCUT2D eigenvalue weighted by molar-refractivity contribution is 0.0708. The molecule has 6 heteroatoms. The van der Waals surface area contributed by atoms with Gasteiger partial charge in [0.15, 0.2) is 0 Å². The molecule has 1 aromatic carbocycles. The molecule has 3 rings (SSSR count). The number of rotatable bonds is 4. The molecule has 0 saturated carbocycles. The Morgan fingerprint density at radius 1 is 1.17 bits per heavy atom. The summed E-state index contributed by atoms with van der Waals surface area (Å²) in [6, 6.07) is 12.1. The molecule has 1 aliphatic rings. The van der Waals surface area contributed by atoms with E-state index in [9.17, 15) is 4.79 Å². The van der Waals surface area contributed by atoms with E-state index in [1.165, 1.54) is 0 Å². The lowest BCUT2D eigenvalue weighted by atomic mass is 10.1. The first-order valence-corrected chi connectivity index (χ1v) is 8.17. The Morgan fingerprint density at radius 2 is 1.75 bits per heavy atom. The van der Waals surface area contributed by atoms with E-state index in [-0.39, 0.29) is 24.4 Å². The number of piperidine rings is 1. The Hall–Kier alpha value is -1.82. The largest absolute Gasteiger partial charge is 0.351 e. The van der Waals surface area contributed by atoms with Gasteiger partial charge < -0.3 is 10.3 Å². The van der Waals surface area contributed by atoms with Gasteiger partial charge >= 0.3 is 0 Å². The number of hydrazine groups is 1. The standard InChI is InChI=1S/C18H24N4O.ClH/c1-14(19)15-4-6-16(7-5-15)18(23)20-22-12-8-17(9-13-22)21-10-2-3-11-21;/h2-7,10-11,14,17H,8-9,12-13,19H2,1H3,(H,20,23);1H. The quantitative estimate of drug-likeness (QED) is 0.893. The van der Waals surface area contributed by atoms with Gasteiger partial charge in [0.2, 0.25) is 0 Å². The van der Waals surface area contributed by atoms with Gasteiger partial charge in [-0.2, -0.15) is 0 Å². The van der Waals surface area contributed by atoms with E-state index in [0.717, 1.165) is 31.5 Å². The van der Waals surface area contributed by atoms with Gasteiger partial charge in [-0.1, -0.05) is 12.1 Å². The van der Waals surface area contributed by atoms with Crippen LogP contribution in [0.1, 0.15) is 47.8 Å². The van der Waals surface area contributed by atoms with Gasteiger partial charge in [0.05, 0.1) is 0 Å². The Bertz CT molecular complexity index is 632. The van der Waals surface area contributed by atoms with E-state index in [2.05, 4.69) is 34.5 Å². The third-order valence-corrected chi connectivity index (χ3v) is 4.47. The van der Waals surface area contributed by atoms with Crippen LogP contribution in [0.4, 0.5) is 0 Å². The molecule has 24 heavy (non-hydrogen) atoms. The van der Waals surface area contributed by atoms with Crippen molar-refractivity contribution in [1.82, 2.24) is 15.0 Å². The lowest BCUT2D eigenvalue weighted by Crippen LogP contribution is -2.46. The van der Waals surface area contributed by atoms with Gasteiger partial charge in [-0.3, -0.25) is 10.2 Å². The van der Waals surface area contributed by atoms with E-state index >= 15 is 0 Å². The summed E-state index contributed by atoms with van der Waals surface area (Å²) in [5.41, 5.74) is 10.5. The highest BCUT2D eigenvalue weighted by Crippen LogP contribution is 2.21. The average Bonchev–Trinajstić information content (AvgIpc) is 3.10. The van der Waals surface area contributed by atoms with Crippen molar-refractivity contribution in [3.05, 3.63) is 59.9 Å². The number of carbonyl (C=O) groups is 1. The first-order chi connectivity index (χ1) is 11.1. The highest BCUT2D eigenvalue weighted by molar-refractivity contribution is 5.93. The summed E-state index contributed by atoms with van der Waals surface area (Å²) in [5, 5.41) is 2.02. The fourth-order valence-electron chi connectivity index (χ4n) is 3.01. The Labute approximate surface area is 149 Å². The Morgan fingerprint density at radius 3 is 2.29 bits per heavy atom. The molecule has 1 unspecified atom stereocenters. The van der Waals surface area contributed by atoms with Gasteiger partial charge in [-0.05, 0) is 49.6 Å². The van der Waals surface area contributed by atoms with Gasteiger partial charge in [-0.25, -0.2) is 5.01 Å². The van der Waals surface area contributed by atoms with Crippen LogP contribution in [0.3, 0.4) is 0 Å². The van der Waals surface area contributed by atoms with Crippen LogP contribution in [0, 0.1) is 0 Å². The van der Waals surface area contributed by atoms with Crippen molar-refractivity contribution >= 4 is 18.3 Å². The highest BCUT2D eigenvalue weighted by atomic mass is 35.5. The van der Waals surface area contributed by atoms with Crippen molar-refractivity contribution in [1.29, 1.82) is 0 Å². The van der Waals surface area contributed by atoms with Crippen molar-refractivity contribution in [3.8, 4) is 0 Å². The third kappa shape index (κ3) is 4.38. The van der Waals surface area contributed by atoms with Gasteiger partial charge in [0.1, 0.15) is 0 Å². The van der Waals surface area contributed by atoms with Gasteiger partial charge in [0.25, 0.3) is 5.91 Å². The molecule has 2 aromatic rings. The molecular weight excluding hydrogens is 324 g/mol. The molecule has 0 aliphatic carbocycles. The smallest absolute Gasteiger partial charge is 0.265 e. The second kappa shape index (κ2) is 8.33. The molecule has 1 amide bonds. The molecule has 1 fully saturated rings.